The number of esters is 1. The minimum atomic E-state index is -0.331. The fourth-order valence-electron chi connectivity index (χ4n) is 2.39. The summed E-state index contributed by atoms with van der Waals surface area (Å²) in [4.78, 5) is 10.9. The lowest BCUT2D eigenvalue weighted by Gasteiger charge is -2.35. The molecule has 0 N–H and O–H groups in total. The van der Waals surface area contributed by atoms with Crippen LogP contribution in [0.15, 0.2) is 0 Å². The van der Waals surface area contributed by atoms with E-state index in [0.29, 0.717) is 26.2 Å². The lowest BCUT2D eigenvalue weighted by Crippen LogP contribution is -2.37. The van der Waals surface area contributed by atoms with Crippen molar-refractivity contribution in [1.82, 2.24) is 0 Å². The van der Waals surface area contributed by atoms with Crippen LogP contribution in [0.5, 0.6) is 0 Å². The summed E-state index contributed by atoms with van der Waals surface area (Å²) in [6.45, 7) is 1.84. The van der Waals surface area contributed by atoms with Gasteiger partial charge in [0.1, 0.15) is 0 Å². The highest BCUT2D eigenvalue weighted by molar-refractivity contribution is 5.69. The first kappa shape index (κ1) is 12.8. The van der Waals surface area contributed by atoms with Gasteiger partial charge in [-0.1, -0.05) is 0 Å². The van der Waals surface area contributed by atoms with E-state index < -0.39 is 0 Å². The van der Waals surface area contributed by atoms with Gasteiger partial charge in [-0.3, -0.25) is 4.79 Å². The molecule has 1 saturated carbocycles. The SMILES string of the molecule is COC(=O)CCOC1CCC2(CC1)OCCO2. The van der Waals surface area contributed by atoms with Crippen LogP contribution in [0.25, 0.3) is 0 Å². The Morgan fingerprint density at radius 3 is 2.53 bits per heavy atom. The number of carbonyl (C=O) groups excluding carboxylic acids is 1. The topological polar surface area (TPSA) is 54.0 Å². The molecule has 0 aromatic heterocycles. The van der Waals surface area contributed by atoms with Crippen molar-refractivity contribution >= 4 is 5.97 Å². The molecule has 0 aromatic carbocycles. The van der Waals surface area contributed by atoms with E-state index in [1.807, 2.05) is 0 Å². The van der Waals surface area contributed by atoms with Crippen LogP contribution < -0.4 is 0 Å². The summed E-state index contributed by atoms with van der Waals surface area (Å²) >= 11 is 0. The average molecular weight is 244 g/mol. The second-order valence-corrected chi connectivity index (χ2v) is 4.50. The number of hydrogen-bond donors (Lipinski definition) is 0. The molecule has 0 amide bonds. The molecule has 98 valence electrons. The first-order chi connectivity index (χ1) is 8.24. The van der Waals surface area contributed by atoms with Crippen molar-refractivity contribution in [3.63, 3.8) is 0 Å². The molecule has 1 saturated heterocycles. The van der Waals surface area contributed by atoms with Gasteiger partial charge in [-0.15, -0.1) is 0 Å². The first-order valence-corrected chi connectivity index (χ1v) is 6.20. The van der Waals surface area contributed by atoms with Crippen molar-refractivity contribution < 1.29 is 23.7 Å². The van der Waals surface area contributed by atoms with Crippen LogP contribution in [0.3, 0.4) is 0 Å². The lowest BCUT2D eigenvalue weighted by atomic mass is 9.92. The molecule has 5 nitrogen and oxygen atoms in total. The number of carbonyl (C=O) groups is 1. The standard InChI is InChI=1S/C12H20O5/c1-14-11(13)4-7-15-10-2-5-12(6-3-10)16-8-9-17-12/h10H,2-9H2,1H3. The lowest BCUT2D eigenvalue weighted by molar-refractivity contribution is -0.192. The first-order valence-electron chi connectivity index (χ1n) is 6.20. The molecule has 2 aliphatic rings. The number of methoxy groups -OCH3 is 1. The fourth-order valence-corrected chi connectivity index (χ4v) is 2.39. The molecule has 1 aliphatic carbocycles. The number of rotatable bonds is 4. The van der Waals surface area contributed by atoms with Crippen molar-refractivity contribution in [3.8, 4) is 0 Å². The smallest absolute Gasteiger partial charge is 0.307 e. The zero-order valence-corrected chi connectivity index (χ0v) is 10.3. The van der Waals surface area contributed by atoms with Gasteiger partial charge in [0.25, 0.3) is 0 Å². The molecule has 5 heteroatoms. The Morgan fingerprint density at radius 2 is 1.94 bits per heavy atom. The van der Waals surface area contributed by atoms with Gasteiger partial charge in [0.2, 0.25) is 0 Å². The molecule has 1 heterocycles. The highest BCUT2D eigenvalue weighted by atomic mass is 16.7. The zero-order valence-electron chi connectivity index (χ0n) is 10.3. The van der Waals surface area contributed by atoms with Crippen LogP contribution in [0.4, 0.5) is 0 Å². The van der Waals surface area contributed by atoms with Crippen LogP contribution in [-0.2, 0) is 23.7 Å². The van der Waals surface area contributed by atoms with Crippen LogP contribution in [-0.4, -0.2) is 44.8 Å². The Balaban J connectivity index is 1.63. The largest absolute Gasteiger partial charge is 0.469 e. The molecule has 0 bridgehead atoms. The van der Waals surface area contributed by atoms with Crippen LogP contribution in [0.1, 0.15) is 32.1 Å². The average Bonchev–Trinajstić information content (AvgIpc) is 2.80. The molecule has 17 heavy (non-hydrogen) atoms. The fraction of sp³-hybridized carbons (Fsp3) is 0.917. The van der Waals surface area contributed by atoms with Crippen LogP contribution in [0.2, 0.25) is 0 Å². The summed E-state index contributed by atoms with van der Waals surface area (Å²) < 4.78 is 21.5. The molecule has 2 rings (SSSR count). The van der Waals surface area contributed by atoms with Gasteiger partial charge in [0.15, 0.2) is 5.79 Å². The summed E-state index contributed by atoms with van der Waals surface area (Å²) in [6, 6.07) is 0. The monoisotopic (exact) mass is 244 g/mol. The normalized spacial score (nSPS) is 24.1. The van der Waals surface area contributed by atoms with E-state index >= 15 is 0 Å². The predicted octanol–water partition coefficient (Wildman–Crippen LogP) is 1.25. The Hall–Kier alpha value is -0.650. The van der Waals surface area contributed by atoms with E-state index in [1.165, 1.54) is 7.11 Å². The molecule has 0 atom stereocenters. The third kappa shape index (κ3) is 3.40. The van der Waals surface area contributed by atoms with Crippen molar-refractivity contribution in [2.75, 3.05) is 26.9 Å². The van der Waals surface area contributed by atoms with Gasteiger partial charge in [0, 0.05) is 12.8 Å². The van der Waals surface area contributed by atoms with E-state index in [4.69, 9.17) is 14.2 Å². The highest BCUT2D eigenvalue weighted by Crippen LogP contribution is 2.36. The zero-order chi connectivity index (χ0) is 12.1. The molecule has 0 aromatic rings. The van der Waals surface area contributed by atoms with E-state index in [9.17, 15) is 4.79 Å². The summed E-state index contributed by atoms with van der Waals surface area (Å²) in [5.74, 6) is -0.554. The Labute approximate surface area is 101 Å². The van der Waals surface area contributed by atoms with Gasteiger partial charge >= 0.3 is 5.97 Å². The summed E-state index contributed by atoms with van der Waals surface area (Å²) in [7, 11) is 1.39. The van der Waals surface area contributed by atoms with Gasteiger partial charge in [-0.25, -0.2) is 0 Å². The summed E-state index contributed by atoms with van der Waals surface area (Å²) in [5, 5.41) is 0. The maximum absolute atomic E-state index is 10.9. The molecule has 2 fully saturated rings. The van der Waals surface area contributed by atoms with Crippen molar-refractivity contribution in [2.24, 2.45) is 0 Å². The van der Waals surface area contributed by atoms with Gasteiger partial charge in [0.05, 0.1) is 39.5 Å². The predicted molar refractivity (Wildman–Crippen MR) is 59.5 cm³/mol. The second kappa shape index (κ2) is 5.80. The van der Waals surface area contributed by atoms with Crippen molar-refractivity contribution in [1.29, 1.82) is 0 Å². The Morgan fingerprint density at radius 1 is 1.29 bits per heavy atom. The molecular weight excluding hydrogens is 224 g/mol. The number of hydrogen-bond acceptors (Lipinski definition) is 5. The highest BCUT2D eigenvalue weighted by Gasteiger charge is 2.40. The van der Waals surface area contributed by atoms with Crippen molar-refractivity contribution in [2.45, 2.75) is 44.0 Å². The Bertz CT molecular complexity index is 250. The number of ether oxygens (including phenoxy) is 4. The molecule has 0 unspecified atom stereocenters. The van der Waals surface area contributed by atoms with E-state index in [2.05, 4.69) is 4.74 Å². The van der Waals surface area contributed by atoms with Gasteiger partial charge in [-0.2, -0.15) is 0 Å². The minimum Gasteiger partial charge on any atom is -0.469 e. The third-order valence-corrected chi connectivity index (χ3v) is 3.40. The molecule has 1 spiro atoms. The molecular formula is C12H20O5. The molecule has 0 radical (unpaired) electrons. The van der Waals surface area contributed by atoms with Gasteiger partial charge < -0.3 is 18.9 Å². The maximum atomic E-state index is 10.9. The maximum Gasteiger partial charge on any atom is 0.307 e. The van der Waals surface area contributed by atoms with Crippen LogP contribution in [0, 0.1) is 0 Å². The van der Waals surface area contributed by atoms with Crippen molar-refractivity contribution in [3.05, 3.63) is 0 Å². The van der Waals surface area contributed by atoms with Crippen LogP contribution >= 0.6 is 0 Å². The van der Waals surface area contributed by atoms with Gasteiger partial charge in [-0.05, 0) is 12.8 Å². The summed E-state index contributed by atoms with van der Waals surface area (Å²) in [6.07, 6.45) is 4.18. The van der Waals surface area contributed by atoms with E-state index in [1.54, 1.807) is 0 Å². The second-order valence-electron chi connectivity index (χ2n) is 4.50. The Kier molecular flexibility index (Phi) is 4.36. The minimum absolute atomic E-state index is 0.220. The van der Waals surface area contributed by atoms with E-state index in [0.717, 1.165) is 25.7 Å². The molecule has 1 aliphatic heterocycles. The van der Waals surface area contributed by atoms with E-state index in [-0.39, 0.29) is 17.9 Å². The summed E-state index contributed by atoms with van der Waals surface area (Å²) in [5.41, 5.74) is 0. The quantitative estimate of drug-likeness (QED) is 0.697. The third-order valence-electron chi connectivity index (χ3n) is 3.40.